The summed E-state index contributed by atoms with van der Waals surface area (Å²) in [7, 11) is 0. The SMILES string of the molecule is CCOC(=O)C1=C(C)N=c2sc(=Cc3cccc(OCC(=O)O)c3)c(=O)n2[C@H]1c1ccc(F)cc1. The minimum atomic E-state index is -1.10. The van der Waals surface area contributed by atoms with Gasteiger partial charge in [-0.15, -0.1) is 0 Å². The number of allylic oxidation sites excluding steroid dienone is 1. The van der Waals surface area contributed by atoms with Gasteiger partial charge < -0.3 is 14.6 Å². The number of carbonyl (C=O) groups excluding carboxylic acids is 1. The summed E-state index contributed by atoms with van der Waals surface area (Å²) in [6.45, 7) is 3.02. The summed E-state index contributed by atoms with van der Waals surface area (Å²) >= 11 is 1.15. The molecule has 0 fully saturated rings. The number of hydrogen-bond donors (Lipinski definition) is 1. The van der Waals surface area contributed by atoms with E-state index in [4.69, 9.17) is 14.6 Å². The molecule has 1 N–H and O–H groups in total. The zero-order chi connectivity index (χ0) is 25.1. The summed E-state index contributed by atoms with van der Waals surface area (Å²) in [5.41, 5.74) is 1.41. The smallest absolute Gasteiger partial charge is 0.341 e. The Labute approximate surface area is 202 Å². The minimum Gasteiger partial charge on any atom is -0.482 e. The normalized spacial score (nSPS) is 15.4. The molecule has 0 spiro atoms. The molecule has 2 heterocycles. The van der Waals surface area contributed by atoms with Crippen molar-refractivity contribution in [2.24, 2.45) is 4.99 Å². The molecule has 0 aliphatic carbocycles. The van der Waals surface area contributed by atoms with E-state index in [1.54, 1.807) is 44.2 Å². The molecule has 180 valence electrons. The Morgan fingerprint density at radius 1 is 1.23 bits per heavy atom. The molecule has 1 atom stereocenters. The molecule has 0 saturated heterocycles. The van der Waals surface area contributed by atoms with E-state index in [0.717, 1.165) is 11.3 Å². The fraction of sp³-hybridized carbons (Fsp3) is 0.200. The van der Waals surface area contributed by atoms with E-state index in [1.165, 1.54) is 28.8 Å². The molecule has 35 heavy (non-hydrogen) atoms. The number of aromatic nitrogens is 1. The van der Waals surface area contributed by atoms with Gasteiger partial charge in [0, 0.05) is 0 Å². The van der Waals surface area contributed by atoms with Crippen LogP contribution in [0.5, 0.6) is 5.75 Å². The van der Waals surface area contributed by atoms with Crippen LogP contribution in [0.3, 0.4) is 0 Å². The van der Waals surface area contributed by atoms with E-state index in [0.29, 0.717) is 31.9 Å². The van der Waals surface area contributed by atoms with E-state index in [-0.39, 0.29) is 17.7 Å². The number of carbonyl (C=O) groups is 2. The number of aliphatic carboxylic acids is 1. The molecule has 8 nitrogen and oxygen atoms in total. The molecular formula is C25H21FN2O6S. The van der Waals surface area contributed by atoms with Gasteiger partial charge in [-0.1, -0.05) is 35.6 Å². The molecule has 0 radical (unpaired) electrons. The van der Waals surface area contributed by atoms with Crippen molar-refractivity contribution >= 4 is 29.4 Å². The average molecular weight is 497 g/mol. The van der Waals surface area contributed by atoms with Crippen molar-refractivity contribution in [2.75, 3.05) is 13.2 Å². The van der Waals surface area contributed by atoms with Crippen LogP contribution in [-0.4, -0.2) is 34.8 Å². The molecule has 0 unspecified atom stereocenters. The van der Waals surface area contributed by atoms with Crippen molar-refractivity contribution in [3.63, 3.8) is 0 Å². The Morgan fingerprint density at radius 3 is 2.66 bits per heavy atom. The van der Waals surface area contributed by atoms with Crippen LogP contribution in [0.2, 0.25) is 0 Å². The maximum atomic E-state index is 13.6. The number of carboxylic acid groups (broad SMARTS) is 1. The topological polar surface area (TPSA) is 107 Å². The summed E-state index contributed by atoms with van der Waals surface area (Å²) in [5, 5.41) is 8.82. The van der Waals surface area contributed by atoms with Gasteiger partial charge in [0.15, 0.2) is 11.4 Å². The lowest BCUT2D eigenvalue weighted by atomic mass is 9.96. The van der Waals surface area contributed by atoms with Crippen molar-refractivity contribution in [1.29, 1.82) is 0 Å². The van der Waals surface area contributed by atoms with Gasteiger partial charge in [-0.25, -0.2) is 19.0 Å². The quantitative estimate of drug-likeness (QED) is 0.504. The number of nitrogens with zero attached hydrogens (tertiary/aromatic N) is 2. The van der Waals surface area contributed by atoms with Crippen LogP contribution in [0, 0.1) is 5.82 Å². The second-order valence-corrected chi connectivity index (χ2v) is 8.62. The van der Waals surface area contributed by atoms with Gasteiger partial charge in [0.1, 0.15) is 11.6 Å². The Bertz CT molecular complexity index is 1500. The van der Waals surface area contributed by atoms with E-state index < -0.39 is 30.4 Å². The zero-order valence-corrected chi connectivity index (χ0v) is 19.7. The molecule has 1 aromatic heterocycles. The van der Waals surface area contributed by atoms with Crippen molar-refractivity contribution in [1.82, 2.24) is 4.57 Å². The van der Waals surface area contributed by atoms with Crippen molar-refractivity contribution < 1.29 is 28.6 Å². The number of ether oxygens (including phenoxy) is 2. The lowest BCUT2D eigenvalue weighted by Gasteiger charge is -2.24. The van der Waals surface area contributed by atoms with Gasteiger partial charge in [-0.2, -0.15) is 0 Å². The van der Waals surface area contributed by atoms with Crippen LogP contribution < -0.4 is 19.6 Å². The summed E-state index contributed by atoms with van der Waals surface area (Å²) in [6, 6.07) is 11.4. The molecule has 1 aliphatic heterocycles. The summed E-state index contributed by atoms with van der Waals surface area (Å²) in [6.07, 6.45) is 1.64. The number of rotatable bonds is 7. The maximum Gasteiger partial charge on any atom is 0.341 e. The molecule has 0 saturated carbocycles. The lowest BCUT2D eigenvalue weighted by molar-refractivity contribution is -0.140. The molecule has 0 bridgehead atoms. The Morgan fingerprint density at radius 2 is 1.97 bits per heavy atom. The standard InChI is InChI=1S/C25H21FN2O6S/c1-3-33-24(32)21-14(2)27-25-28(22(21)16-7-9-17(26)10-8-16)23(31)19(35-25)12-15-5-4-6-18(11-15)34-13-20(29)30/h4-12,22H,3,13H2,1-2H3,(H,29,30)/t22-/m0/s1. The van der Waals surface area contributed by atoms with E-state index in [2.05, 4.69) is 4.99 Å². The van der Waals surface area contributed by atoms with Crippen LogP contribution in [0.15, 0.2) is 69.6 Å². The first-order chi connectivity index (χ1) is 16.8. The number of carboxylic acids is 1. The molecule has 2 aromatic carbocycles. The first-order valence-electron chi connectivity index (χ1n) is 10.7. The summed E-state index contributed by atoms with van der Waals surface area (Å²) in [5.74, 6) is -1.79. The highest BCUT2D eigenvalue weighted by atomic mass is 32.1. The van der Waals surface area contributed by atoms with Gasteiger partial charge in [0.25, 0.3) is 5.56 Å². The highest BCUT2D eigenvalue weighted by Gasteiger charge is 2.33. The predicted molar refractivity (Wildman–Crippen MR) is 126 cm³/mol. The van der Waals surface area contributed by atoms with Gasteiger partial charge in [0.05, 0.1) is 28.5 Å². The number of thiazole rings is 1. The molecular weight excluding hydrogens is 475 g/mol. The average Bonchev–Trinajstić information content (AvgIpc) is 3.12. The second kappa shape index (κ2) is 10.1. The van der Waals surface area contributed by atoms with Crippen LogP contribution in [0.1, 0.15) is 31.0 Å². The molecule has 1 aliphatic rings. The molecule has 3 aromatic rings. The monoisotopic (exact) mass is 496 g/mol. The van der Waals surface area contributed by atoms with Gasteiger partial charge in [0.2, 0.25) is 0 Å². The largest absolute Gasteiger partial charge is 0.482 e. The van der Waals surface area contributed by atoms with Crippen LogP contribution in [0.4, 0.5) is 4.39 Å². The van der Waals surface area contributed by atoms with E-state index >= 15 is 0 Å². The number of benzene rings is 2. The number of fused-ring (bicyclic) bond motifs is 1. The van der Waals surface area contributed by atoms with E-state index in [9.17, 15) is 18.8 Å². The summed E-state index contributed by atoms with van der Waals surface area (Å²) < 4.78 is 25.8. The maximum absolute atomic E-state index is 13.6. The number of esters is 1. The fourth-order valence-corrected chi connectivity index (χ4v) is 4.79. The van der Waals surface area contributed by atoms with Gasteiger partial charge in [-0.3, -0.25) is 9.36 Å². The third-order valence-corrected chi connectivity index (χ3v) is 6.20. The molecule has 0 amide bonds. The fourth-order valence-electron chi connectivity index (χ4n) is 3.74. The Balaban J connectivity index is 1.85. The second-order valence-electron chi connectivity index (χ2n) is 7.61. The minimum absolute atomic E-state index is 0.149. The van der Waals surface area contributed by atoms with Crippen LogP contribution >= 0.6 is 11.3 Å². The van der Waals surface area contributed by atoms with Gasteiger partial charge in [-0.05, 0) is 55.3 Å². The van der Waals surface area contributed by atoms with Crippen molar-refractivity contribution in [3.05, 3.63) is 96.4 Å². The van der Waals surface area contributed by atoms with Crippen LogP contribution in [0.25, 0.3) is 6.08 Å². The van der Waals surface area contributed by atoms with Crippen molar-refractivity contribution in [2.45, 2.75) is 19.9 Å². The molecule has 10 heteroatoms. The Kier molecular flexibility index (Phi) is 6.92. The predicted octanol–water partition coefficient (Wildman–Crippen LogP) is 2.40. The number of hydrogen-bond acceptors (Lipinski definition) is 7. The molecule has 4 rings (SSSR count). The highest BCUT2D eigenvalue weighted by molar-refractivity contribution is 7.07. The zero-order valence-electron chi connectivity index (χ0n) is 18.9. The third kappa shape index (κ3) is 5.07. The van der Waals surface area contributed by atoms with Gasteiger partial charge >= 0.3 is 11.9 Å². The number of halogens is 1. The van der Waals surface area contributed by atoms with Crippen molar-refractivity contribution in [3.8, 4) is 5.75 Å². The van der Waals surface area contributed by atoms with E-state index in [1.807, 2.05) is 0 Å². The highest BCUT2D eigenvalue weighted by Crippen LogP contribution is 2.30. The first-order valence-corrected chi connectivity index (χ1v) is 11.5. The summed E-state index contributed by atoms with van der Waals surface area (Å²) in [4.78, 5) is 42.0. The van der Waals surface area contributed by atoms with Crippen LogP contribution in [-0.2, 0) is 14.3 Å². The third-order valence-electron chi connectivity index (χ3n) is 5.22. The Hall–Kier alpha value is -4.05. The first kappa shape index (κ1) is 24.1. The lowest BCUT2D eigenvalue weighted by Crippen LogP contribution is -2.39.